The minimum absolute atomic E-state index is 0.0597. The molecule has 2 fully saturated rings. The van der Waals surface area contributed by atoms with Crippen molar-refractivity contribution in [1.82, 2.24) is 10.9 Å². The van der Waals surface area contributed by atoms with Crippen LogP contribution in [-0.2, 0) is 9.59 Å². The van der Waals surface area contributed by atoms with Crippen molar-refractivity contribution in [3.8, 4) is 5.75 Å². The molecular weight excluding hydrogens is 339 g/mol. The first kappa shape index (κ1) is 16.4. The predicted octanol–water partition coefficient (Wildman–Crippen LogP) is 2.96. The molecule has 0 spiro atoms. The maximum absolute atomic E-state index is 12.0. The first-order chi connectivity index (χ1) is 11.1. The van der Waals surface area contributed by atoms with Crippen molar-refractivity contribution in [2.45, 2.75) is 25.7 Å². The van der Waals surface area contributed by atoms with Gasteiger partial charge in [-0.25, -0.2) is 0 Å². The van der Waals surface area contributed by atoms with Gasteiger partial charge in [-0.15, -0.1) is 0 Å². The number of halogens is 2. The van der Waals surface area contributed by atoms with E-state index in [1.807, 2.05) is 0 Å². The molecule has 2 atom stereocenters. The largest absolute Gasteiger partial charge is 0.482 e. The highest BCUT2D eigenvalue weighted by molar-refractivity contribution is 6.35. The van der Waals surface area contributed by atoms with Gasteiger partial charge in [-0.05, 0) is 42.9 Å². The number of carbonyl (C=O) groups is 2. The molecule has 23 heavy (non-hydrogen) atoms. The van der Waals surface area contributed by atoms with Crippen molar-refractivity contribution < 1.29 is 14.3 Å². The van der Waals surface area contributed by atoms with Gasteiger partial charge in [-0.3, -0.25) is 20.4 Å². The van der Waals surface area contributed by atoms with Crippen LogP contribution in [0.5, 0.6) is 5.75 Å². The summed E-state index contributed by atoms with van der Waals surface area (Å²) in [5.74, 6) is 0.900. The zero-order valence-corrected chi connectivity index (χ0v) is 14.0. The molecule has 3 rings (SSSR count). The fraction of sp³-hybridized carbons (Fsp3) is 0.500. The first-order valence-corrected chi connectivity index (χ1v) is 8.48. The number of ether oxygens (including phenoxy) is 1. The van der Waals surface area contributed by atoms with E-state index in [9.17, 15) is 9.59 Å². The first-order valence-electron chi connectivity index (χ1n) is 7.73. The Morgan fingerprint density at radius 2 is 1.83 bits per heavy atom. The third kappa shape index (κ3) is 3.90. The summed E-state index contributed by atoms with van der Waals surface area (Å²) in [6.07, 6.45) is 4.64. The van der Waals surface area contributed by atoms with Gasteiger partial charge in [0.15, 0.2) is 6.61 Å². The van der Waals surface area contributed by atoms with Gasteiger partial charge in [0.05, 0.1) is 5.02 Å². The van der Waals surface area contributed by atoms with Crippen LogP contribution in [0.4, 0.5) is 0 Å². The molecule has 1 aromatic rings. The monoisotopic (exact) mass is 356 g/mol. The Hall–Kier alpha value is -1.46. The number of amides is 2. The van der Waals surface area contributed by atoms with Crippen LogP contribution in [0.2, 0.25) is 10.0 Å². The Balaban J connectivity index is 1.40. The SMILES string of the molecule is O=C(COc1ccc(Cl)cc1Cl)NNC(=O)C1[C@@H]2CCCC[C@@H]12. The summed E-state index contributed by atoms with van der Waals surface area (Å²) >= 11 is 11.7. The van der Waals surface area contributed by atoms with Crippen LogP contribution in [-0.4, -0.2) is 18.4 Å². The Kier molecular flexibility index (Phi) is 4.97. The number of hydrazine groups is 1. The second-order valence-corrected chi connectivity index (χ2v) is 6.88. The summed E-state index contributed by atoms with van der Waals surface area (Å²) < 4.78 is 5.30. The summed E-state index contributed by atoms with van der Waals surface area (Å²) in [7, 11) is 0. The zero-order valence-electron chi connectivity index (χ0n) is 12.5. The Labute approximate surface area is 144 Å². The van der Waals surface area contributed by atoms with Gasteiger partial charge in [0.1, 0.15) is 5.75 Å². The quantitative estimate of drug-likeness (QED) is 0.815. The Bertz CT molecular complexity index is 611. The van der Waals surface area contributed by atoms with Crippen molar-refractivity contribution in [3.63, 3.8) is 0 Å². The molecule has 7 heteroatoms. The summed E-state index contributed by atoms with van der Waals surface area (Å²) in [6.45, 7) is -0.237. The number of rotatable bonds is 4. The average molecular weight is 357 g/mol. The lowest BCUT2D eigenvalue weighted by molar-refractivity contribution is -0.130. The smallest absolute Gasteiger partial charge is 0.276 e. The molecule has 1 aromatic carbocycles. The fourth-order valence-corrected chi connectivity index (χ4v) is 3.83. The van der Waals surface area contributed by atoms with E-state index in [1.54, 1.807) is 12.1 Å². The fourth-order valence-electron chi connectivity index (χ4n) is 3.37. The lowest BCUT2D eigenvalue weighted by Gasteiger charge is -2.10. The number of fused-ring (bicyclic) bond motifs is 1. The highest BCUT2D eigenvalue weighted by Gasteiger charge is 2.54. The van der Waals surface area contributed by atoms with Gasteiger partial charge < -0.3 is 4.74 Å². The lowest BCUT2D eigenvalue weighted by Crippen LogP contribution is -2.44. The number of carbonyl (C=O) groups excluding carboxylic acids is 2. The molecule has 5 nitrogen and oxygen atoms in total. The van der Waals surface area contributed by atoms with Crippen molar-refractivity contribution >= 4 is 35.0 Å². The second kappa shape index (κ2) is 6.97. The van der Waals surface area contributed by atoms with Gasteiger partial charge in [0.25, 0.3) is 5.91 Å². The van der Waals surface area contributed by atoms with Gasteiger partial charge >= 0.3 is 0 Å². The van der Waals surface area contributed by atoms with E-state index in [0.717, 1.165) is 12.8 Å². The van der Waals surface area contributed by atoms with Crippen molar-refractivity contribution in [2.24, 2.45) is 17.8 Å². The van der Waals surface area contributed by atoms with Crippen LogP contribution < -0.4 is 15.6 Å². The van der Waals surface area contributed by atoms with Crippen molar-refractivity contribution in [2.75, 3.05) is 6.61 Å². The van der Waals surface area contributed by atoms with E-state index in [2.05, 4.69) is 10.9 Å². The third-order valence-corrected chi connectivity index (χ3v) is 5.07. The molecular formula is C16H18Cl2N2O3. The second-order valence-electron chi connectivity index (χ2n) is 6.04. The van der Waals surface area contributed by atoms with Crippen LogP contribution in [0.15, 0.2) is 18.2 Å². The molecule has 0 bridgehead atoms. The normalized spacial score (nSPS) is 25.2. The number of benzene rings is 1. The molecule has 2 saturated carbocycles. The number of hydrogen-bond acceptors (Lipinski definition) is 3. The average Bonchev–Trinajstić information content (AvgIpc) is 3.26. The molecule has 2 N–H and O–H groups in total. The van der Waals surface area contributed by atoms with Gasteiger partial charge in [-0.2, -0.15) is 0 Å². The highest BCUT2D eigenvalue weighted by Crippen LogP contribution is 2.55. The van der Waals surface area contributed by atoms with E-state index >= 15 is 0 Å². The van der Waals surface area contributed by atoms with Gasteiger partial charge in [0, 0.05) is 10.9 Å². The number of nitrogens with one attached hydrogen (secondary N) is 2. The van der Waals surface area contributed by atoms with Crippen LogP contribution in [0.25, 0.3) is 0 Å². The van der Waals surface area contributed by atoms with E-state index in [1.165, 1.54) is 18.9 Å². The molecule has 0 saturated heterocycles. The van der Waals surface area contributed by atoms with Crippen LogP contribution in [0.3, 0.4) is 0 Å². The summed E-state index contributed by atoms with van der Waals surface area (Å²) in [5, 5.41) is 0.821. The molecule has 0 heterocycles. The predicted molar refractivity (Wildman–Crippen MR) is 87.2 cm³/mol. The Morgan fingerprint density at radius 3 is 2.48 bits per heavy atom. The Morgan fingerprint density at radius 1 is 1.13 bits per heavy atom. The summed E-state index contributed by atoms with van der Waals surface area (Å²) in [5.41, 5.74) is 4.87. The van der Waals surface area contributed by atoms with Gasteiger partial charge in [-0.1, -0.05) is 36.0 Å². The summed E-state index contributed by atoms with van der Waals surface area (Å²) in [6, 6.07) is 4.75. The highest BCUT2D eigenvalue weighted by atomic mass is 35.5. The van der Waals surface area contributed by atoms with Crippen LogP contribution in [0, 0.1) is 17.8 Å². The minimum Gasteiger partial charge on any atom is -0.482 e. The van der Waals surface area contributed by atoms with Crippen LogP contribution in [0.1, 0.15) is 25.7 Å². The maximum Gasteiger partial charge on any atom is 0.276 e. The molecule has 124 valence electrons. The molecule has 2 aliphatic carbocycles. The van der Waals surface area contributed by atoms with Crippen molar-refractivity contribution in [3.05, 3.63) is 28.2 Å². The summed E-state index contributed by atoms with van der Waals surface area (Å²) in [4.78, 5) is 23.8. The minimum atomic E-state index is -0.437. The lowest BCUT2D eigenvalue weighted by atomic mass is 10.0. The third-order valence-electron chi connectivity index (χ3n) is 4.54. The topological polar surface area (TPSA) is 67.4 Å². The number of hydrogen-bond donors (Lipinski definition) is 2. The molecule has 2 aliphatic rings. The molecule has 0 unspecified atom stereocenters. The maximum atomic E-state index is 12.0. The standard InChI is InChI=1S/C16H18Cl2N2O3/c17-9-5-6-13(12(18)7-9)23-8-14(21)19-20-16(22)15-10-3-1-2-4-11(10)15/h5-7,10-11,15H,1-4,8H2,(H,19,21)(H,20,22)/t10-,11-/m1/s1. The van der Waals surface area contributed by atoms with E-state index in [-0.39, 0.29) is 18.4 Å². The van der Waals surface area contributed by atoms with E-state index < -0.39 is 5.91 Å². The van der Waals surface area contributed by atoms with Gasteiger partial charge in [0.2, 0.25) is 5.91 Å². The zero-order chi connectivity index (χ0) is 16.4. The molecule has 0 aliphatic heterocycles. The molecule has 2 amide bonds. The molecule has 0 radical (unpaired) electrons. The van der Waals surface area contributed by atoms with Crippen LogP contribution >= 0.6 is 23.2 Å². The molecule has 0 aromatic heterocycles. The van der Waals surface area contributed by atoms with E-state index in [4.69, 9.17) is 27.9 Å². The van der Waals surface area contributed by atoms with E-state index in [0.29, 0.717) is 27.6 Å². The van der Waals surface area contributed by atoms with Crippen molar-refractivity contribution in [1.29, 1.82) is 0 Å².